The molecular formula is C12H26O5. The van der Waals surface area contributed by atoms with Gasteiger partial charge in [-0.1, -0.05) is 13.8 Å². The van der Waals surface area contributed by atoms with Gasteiger partial charge in [-0.3, -0.25) is 5.26 Å². The summed E-state index contributed by atoms with van der Waals surface area (Å²) >= 11 is 0. The minimum atomic E-state index is -0.306. The van der Waals surface area contributed by atoms with Gasteiger partial charge in [-0.15, -0.1) is 0 Å². The molecule has 0 aromatic rings. The summed E-state index contributed by atoms with van der Waals surface area (Å²) in [4.78, 5) is 3.54. The molecule has 2 rings (SSSR count). The van der Waals surface area contributed by atoms with Gasteiger partial charge in [0.1, 0.15) is 0 Å². The van der Waals surface area contributed by atoms with E-state index in [1.807, 2.05) is 13.8 Å². The van der Waals surface area contributed by atoms with Gasteiger partial charge in [-0.25, -0.2) is 4.89 Å². The van der Waals surface area contributed by atoms with Crippen LogP contribution in [0.5, 0.6) is 0 Å². The van der Waals surface area contributed by atoms with Gasteiger partial charge in [-0.05, 0) is 19.8 Å². The summed E-state index contributed by atoms with van der Waals surface area (Å²) in [7, 11) is 0. The van der Waals surface area contributed by atoms with E-state index < -0.39 is 0 Å². The maximum Gasteiger partial charge on any atom is 0.168 e. The quantitative estimate of drug-likeness (QED) is 0.551. The van der Waals surface area contributed by atoms with Gasteiger partial charge in [0.15, 0.2) is 5.79 Å². The summed E-state index contributed by atoms with van der Waals surface area (Å²) in [5.74, 6) is -0.306. The van der Waals surface area contributed by atoms with Crippen molar-refractivity contribution in [3.8, 4) is 0 Å². The minimum Gasteiger partial charge on any atom is -0.393 e. The van der Waals surface area contributed by atoms with E-state index in [2.05, 4.69) is 4.89 Å². The average molecular weight is 250 g/mol. The van der Waals surface area contributed by atoms with E-state index in [0.29, 0.717) is 6.61 Å². The van der Waals surface area contributed by atoms with Gasteiger partial charge in [0, 0.05) is 12.8 Å². The first kappa shape index (κ1) is 16.8. The Labute approximate surface area is 104 Å². The van der Waals surface area contributed by atoms with Crippen molar-refractivity contribution < 1.29 is 24.7 Å². The van der Waals surface area contributed by atoms with Gasteiger partial charge in [0.05, 0.1) is 25.9 Å². The lowest BCUT2D eigenvalue weighted by Crippen LogP contribution is -2.36. The van der Waals surface area contributed by atoms with E-state index in [-0.39, 0.29) is 11.9 Å². The lowest BCUT2D eigenvalue weighted by molar-refractivity contribution is -0.237. The standard InChI is InChI=1S/C8H14O3.C2H6O2.C2H6/c9-7-1-3-8(4-2-7)10-5-6-11-8;1-2-4-3;1-2/h7,9H,1-6H2;3H,2H2,1H3;1-2H3. The highest BCUT2D eigenvalue weighted by Gasteiger charge is 2.39. The van der Waals surface area contributed by atoms with Crippen molar-refractivity contribution in [2.24, 2.45) is 0 Å². The first-order valence-electron chi connectivity index (χ1n) is 6.45. The van der Waals surface area contributed by atoms with Gasteiger partial charge in [0.2, 0.25) is 0 Å². The van der Waals surface area contributed by atoms with Crippen molar-refractivity contribution >= 4 is 0 Å². The van der Waals surface area contributed by atoms with E-state index in [4.69, 9.17) is 14.7 Å². The third-order valence-electron chi connectivity index (χ3n) is 2.66. The summed E-state index contributed by atoms with van der Waals surface area (Å²) < 4.78 is 11.0. The third-order valence-corrected chi connectivity index (χ3v) is 2.66. The Morgan fingerprint density at radius 2 is 1.59 bits per heavy atom. The van der Waals surface area contributed by atoms with Crippen molar-refractivity contribution in [2.75, 3.05) is 19.8 Å². The summed E-state index contributed by atoms with van der Waals surface area (Å²) in [6.45, 7) is 7.52. The number of hydrogen-bond donors (Lipinski definition) is 2. The second kappa shape index (κ2) is 9.79. The molecule has 1 saturated heterocycles. The normalized spacial score (nSPS) is 22.4. The Hall–Kier alpha value is -0.200. The van der Waals surface area contributed by atoms with Gasteiger partial charge in [-0.2, -0.15) is 0 Å². The fourth-order valence-electron chi connectivity index (χ4n) is 1.83. The first-order valence-corrected chi connectivity index (χ1v) is 6.45. The summed E-state index contributed by atoms with van der Waals surface area (Å²) in [6.07, 6.45) is 3.22. The van der Waals surface area contributed by atoms with Crippen LogP contribution in [0.25, 0.3) is 0 Å². The Bertz CT molecular complexity index is 156. The molecule has 0 radical (unpaired) electrons. The van der Waals surface area contributed by atoms with Gasteiger partial charge in [0.25, 0.3) is 0 Å². The number of aliphatic hydroxyl groups is 1. The fourth-order valence-corrected chi connectivity index (χ4v) is 1.83. The molecule has 0 amide bonds. The van der Waals surface area contributed by atoms with E-state index >= 15 is 0 Å². The smallest absolute Gasteiger partial charge is 0.168 e. The largest absolute Gasteiger partial charge is 0.393 e. The van der Waals surface area contributed by atoms with E-state index in [9.17, 15) is 5.11 Å². The molecule has 0 unspecified atom stereocenters. The molecule has 5 nitrogen and oxygen atoms in total. The molecule has 0 aromatic carbocycles. The van der Waals surface area contributed by atoms with Crippen molar-refractivity contribution in [2.45, 2.75) is 58.3 Å². The highest BCUT2D eigenvalue weighted by Crippen LogP contribution is 2.35. The van der Waals surface area contributed by atoms with Crippen LogP contribution in [0, 0.1) is 0 Å². The number of aliphatic hydroxyl groups excluding tert-OH is 1. The van der Waals surface area contributed by atoms with Crippen molar-refractivity contribution in [3.63, 3.8) is 0 Å². The molecule has 2 fully saturated rings. The Balaban J connectivity index is 0.000000368. The molecule has 17 heavy (non-hydrogen) atoms. The molecule has 0 bridgehead atoms. The molecule has 1 saturated carbocycles. The molecular weight excluding hydrogens is 224 g/mol. The zero-order chi connectivity index (χ0) is 13.1. The fraction of sp³-hybridized carbons (Fsp3) is 1.00. The van der Waals surface area contributed by atoms with Crippen LogP contribution in [-0.4, -0.2) is 42.1 Å². The monoisotopic (exact) mass is 250 g/mol. The topological polar surface area (TPSA) is 68.2 Å². The second-order valence-corrected chi connectivity index (χ2v) is 3.76. The number of rotatable bonds is 1. The van der Waals surface area contributed by atoms with Crippen LogP contribution in [0.4, 0.5) is 0 Å². The summed E-state index contributed by atoms with van der Waals surface area (Å²) in [6, 6.07) is 0. The Kier molecular flexibility index (Phi) is 9.68. The lowest BCUT2D eigenvalue weighted by atomic mass is 9.92. The van der Waals surface area contributed by atoms with Crippen LogP contribution in [0.15, 0.2) is 0 Å². The van der Waals surface area contributed by atoms with Gasteiger partial charge < -0.3 is 14.6 Å². The van der Waals surface area contributed by atoms with E-state index in [1.54, 1.807) is 6.92 Å². The molecule has 1 aliphatic carbocycles. The van der Waals surface area contributed by atoms with E-state index in [1.165, 1.54) is 0 Å². The highest BCUT2D eigenvalue weighted by atomic mass is 17.1. The summed E-state index contributed by atoms with van der Waals surface area (Å²) in [5, 5.41) is 16.6. The predicted octanol–water partition coefficient (Wildman–Crippen LogP) is 2.19. The molecule has 0 aromatic heterocycles. The first-order chi connectivity index (χ1) is 8.22. The molecule has 1 heterocycles. The van der Waals surface area contributed by atoms with Crippen molar-refractivity contribution in [1.29, 1.82) is 0 Å². The van der Waals surface area contributed by atoms with Crippen molar-refractivity contribution in [1.82, 2.24) is 0 Å². The zero-order valence-corrected chi connectivity index (χ0v) is 11.1. The van der Waals surface area contributed by atoms with Crippen LogP contribution in [0.2, 0.25) is 0 Å². The average Bonchev–Trinajstić information content (AvgIpc) is 2.85. The molecule has 1 aliphatic heterocycles. The predicted molar refractivity (Wildman–Crippen MR) is 64.7 cm³/mol. The lowest BCUT2D eigenvalue weighted by Gasteiger charge is -2.33. The zero-order valence-electron chi connectivity index (χ0n) is 11.1. The molecule has 5 heteroatoms. The van der Waals surface area contributed by atoms with Crippen LogP contribution in [-0.2, 0) is 14.4 Å². The van der Waals surface area contributed by atoms with Crippen LogP contribution >= 0.6 is 0 Å². The number of ether oxygens (including phenoxy) is 2. The summed E-state index contributed by atoms with van der Waals surface area (Å²) in [5.41, 5.74) is 0. The molecule has 0 atom stereocenters. The maximum absolute atomic E-state index is 9.24. The van der Waals surface area contributed by atoms with Crippen molar-refractivity contribution in [3.05, 3.63) is 0 Å². The maximum atomic E-state index is 9.24. The molecule has 1 spiro atoms. The molecule has 2 aliphatic rings. The minimum absolute atomic E-state index is 0.131. The Morgan fingerprint density at radius 3 is 1.94 bits per heavy atom. The Morgan fingerprint density at radius 1 is 1.18 bits per heavy atom. The third kappa shape index (κ3) is 6.33. The SMILES string of the molecule is CC.CCOO.OC1CCC2(CC1)OCCO2. The second-order valence-electron chi connectivity index (χ2n) is 3.76. The number of hydrogen-bond acceptors (Lipinski definition) is 5. The van der Waals surface area contributed by atoms with Crippen LogP contribution in [0.1, 0.15) is 46.5 Å². The van der Waals surface area contributed by atoms with Crippen LogP contribution < -0.4 is 0 Å². The highest BCUT2D eigenvalue weighted by molar-refractivity contribution is 4.81. The van der Waals surface area contributed by atoms with Gasteiger partial charge >= 0.3 is 0 Å². The molecule has 2 N–H and O–H groups in total. The van der Waals surface area contributed by atoms with Crippen LogP contribution in [0.3, 0.4) is 0 Å². The molecule has 104 valence electrons. The van der Waals surface area contributed by atoms with E-state index in [0.717, 1.165) is 38.9 Å².